The SMILES string of the molecule is Cl.Cl.O=C(CC1CCCN1)NCCN1CCCC1. The van der Waals surface area contributed by atoms with Crippen molar-refractivity contribution in [3.05, 3.63) is 0 Å². The molecule has 0 aromatic carbocycles. The van der Waals surface area contributed by atoms with Crippen molar-refractivity contribution < 1.29 is 4.79 Å². The molecule has 4 nitrogen and oxygen atoms in total. The van der Waals surface area contributed by atoms with Gasteiger partial charge < -0.3 is 15.5 Å². The third-order valence-electron chi connectivity index (χ3n) is 3.54. The number of nitrogens with one attached hydrogen (secondary N) is 2. The largest absolute Gasteiger partial charge is 0.355 e. The summed E-state index contributed by atoms with van der Waals surface area (Å²) in [5, 5.41) is 6.36. The highest BCUT2D eigenvalue weighted by atomic mass is 35.5. The van der Waals surface area contributed by atoms with Crippen molar-refractivity contribution >= 4 is 30.7 Å². The van der Waals surface area contributed by atoms with Gasteiger partial charge in [0.15, 0.2) is 0 Å². The first-order chi connectivity index (χ1) is 7.84. The van der Waals surface area contributed by atoms with Crippen molar-refractivity contribution in [3.63, 3.8) is 0 Å². The molecular formula is C12H25Cl2N3O. The molecule has 0 radical (unpaired) electrons. The average Bonchev–Trinajstić information content (AvgIpc) is 2.90. The molecule has 0 aliphatic carbocycles. The van der Waals surface area contributed by atoms with Crippen molar-refractivity contribution in [2.45, 2.75) is 38.1 Å². The van der Waals surface area contributed by atoms with Gasteiger partial charge in [0.2, 0.25) is 5.91 Å². The lowest BCUT2D eigenvalue weighted by Crippen LogP contribution is -2.36. The van der Waals surface area contributed by atoms with Gasteiger partial charge >= 0.3 is 0 Å². The van der Waals surface area contributed by atoms with Crippen LogP contribution in [0.4, 0.5) is 0 Å². The second kappa shape index (κ2) is 9.84. The van der Waals surface area contributed by atoms with Gasteiger partial charge in [0, 0.05) is 25.6 Å². The number of likely N-dealkylation sites (tertiary alicyclic amines) is 1. The van der Waals surface area contributed by atoms with Gasteiger partial charge in [-0.25, -0.2) is 0 Å². The second-order valence-corrected chi connectivity index (χ2v) is 4.90. The summed E-state index contributed by atoms with van der Waals surface area (Å²) < 4.78 is 0. The topological polar surface area (TPSA) is 44.4 Å². The summed E-state index contributed by atoms with van der Waals surface area (Å²) in [6, 6.07) is 0.423. The van der Waals surface area contributed by atoms with E-state index in [2.05, 4.69) is 15.5 Å². The van der Waals surface area contributed by atoms with E-state index in [0.29, 0.717) is 12.5 Å². The van der Waals surface area contributed by atoms with Gasteiger partial charge in [-0.05, 0) is 45.3 Å². The maximum Gasteiger partial charge on any atom is 0.221 e. The van der Waals surface area contributed by atoms with Crippen LogP contribution in [0.2, 0.25) is 0 Å². The van der Waals surface area contributed by atoms with Crippen LogP contribution in [0.5, 0.6) is 0 Å². The zero-order valence-electron chi connectivity index (χ0n) is 10.8. The second-order valence-electron chi connectivity index (χ2n) is 4.90. The molecule has 2 aliphatic heterocycles. The zero-order chi connectivity index (χ0) is 11.2. The molecule has 1 unspecified atom stereocenters. The Labute approximate surface area is 122 Å². The first-order valence-corrected chi connectivity index (χ1v) is 6.57. The summed E-state index contributed by atoms with van der Waals surface area (Å²) in [5.41, 5.74) is 0. The first-order valence-electron chi connectivity index (χ1n) is 6.57. The number of hydrogen-bond acceptors (Lipinski definition) is 3. The van der Waals surface area contributed by atoms with Crippen LogP contribution in [0, 0.1) is 0 Å². The lowest BCUT2D eigenvalue weighted by atomic mass is 10.1. The number of halogens is 2. The van der Waals surface area contributed by atoms with Crippen LogP contribution in [0.1, 0.15) is 32.1 Å². The van der Waals surface area contributed by atoms with E-state index in [1.54, 1.807) is 0 Å². The van der Waals surface area contributed by atoms with Gasteiger partial charge in [-0.15, -0.1) is 24.8 Å². The average molecular weight is 298 g/mol. The Morgan fingerprint density at radius 1 is 1.22 bits per heavy atom. The number of nitrogens with zero attached hydrogens (tertiary/aromatic N) is 1. The first kappa shape index (κ1) is 18.0. The molecule has 2 aliphatic rings. The van der Waals surface area contributed by atoms with Gasteiger partial charge in [0.1, 0.15) is 0 Å². The van der Waals surface area contributed by atoms with Crippen LogP contribution >= 0.6 is 24.8 Å². The molecule has 1 atom stereocenters. The number of rotatable bonds is 5. The monoisotopic (exact) mass is 297 g/mol. The third-order valence-corrected chi connectivity index (χ3v) is 3.54. The highest BCUT2D eigenvalue weighted by Gasteiger charge is 2.17. The smallest absolute Gasteiger partial charge is 0.221 e. The molecule has 2 saturated heterocycles. The molecule has 2 rings (SSSR count). The van der Waals surface area contributed by atoms with E-state index in [4.69, 9.17) is 0 Å². The molecular weight excluding hydrogens is 273 g/mol. The minimum absolute atomic E-state index is 0. The van der Waals surface area contributed by atoms with E-state index in [0.717, 1.165) is 26.1 Å². The van der Waals surface area contributed by atoms with E-state index < -0.39 is 0 Å². The van der Waals surface area contributed by atoms with Gasteiger partial charge in [-0.3, -0.25) is 4.79 Å². The standard InChI is InChI=1S/C12H23N3O.2ClH/c16-12(10-11-4-3-5-13-11)14-6-9-15-7-1-2-8-15;;/h11,13H,1-10H2,(H,14,16);2*1H. The van der Waals surface area contributed by atoms with Crippen molar-refractivity contribution in [3.8, 4) is 0 Å². The van der Waals surface area contributed by atoms with Gasteiger partial charge in [-0.2, -0.15) is 0 Å². The molecule has 0 aromatic rings. The van der Waals surface area contributed by atoms with Crippen LogP contribution in [-0.2, 0) is 4.79 Å². The molecule has 2 N–H and O–H groups in total. The minimum atomic E-state index is 0. The fourth-order valence-electron chi connectivity index (χ4n) is 2.59. The lowest BCUT2D eigenvalue weighted by Gasteiger charge is -2.15. The van der Waals surface area contributed by atoms with Crippen LogP contribution < -0.4 is 10.6 Å². The van der Waals surface area contributed by atoms with Crippen LogP contribution in [0.25, 0.3) is 0 Å². The summed E-state index contributed by atoms with van der Waals surface area (Å²) in [6.45, 7) is 5.32. The van der Waals surface area contributed by atoms with Crippen molar-refractivity contribution in [1.29, 1.82) is 0 Å². The Hall–Kier alpha value is -0.0300. The van der Waals surface area contributed by atoms with Crippen molar-refractivity contribution in [1.82, 2.24) is 15.5 Å². The molecule has 0 spiro atoms. The van der Waals surface area contributed by atoms with Crippen molar-refractivity contribution in [2.75, 3.05) is 32.7 Å². The fraction of sp³-hybridized carbons (Fsp3) is 0.917. The molecule has 108 valence electrons. The molecule has 2 fully saturated rings. The fourth-order valence-corrected chi connectivity index (χ4v) is 2.59. The van der Waals surface area contributed by atoms with E-state index in [9.17, 15) is 4.79 Å². The Balaban J connectivity index is 0.00000144. The van der Waals surface area contributed by atoms with Gasteiger partial charge in [0.25, 0.3) is 0 Å². The summed E-state index contributed by atoms with van der Waals surface area (Å²) in [7, 11) is 0. The molecule has 0 aromatic heterocycles. The number of carbonyl (C=O) groups excluding carboxylic acids is 1. The third kappa shape index (κ3) is 6.23. The molecule has 18 heavy (non-hydrogen) atoms. The molecule has 1 amide bonds. The van der Waals surface area contributed by atoms with E-state index in [1.807, 2.05) is 0 Å². The number of hydrogen-bond donors (Lipinski definition) is 2. The van der Waals surface area contributed by atoms with E-state index in [-0.39, 0.29) is 30.7 Å². The van der Waals surface area contributed by atoms with E-state index >= 15 is 0 Å². The Morgan fingerprint density at radius 2 is 1.94 bits per heavy atom. The van der Waals surface area contributed by atoms with Gasteiger partial charge in [0.05, 0.1) is 0 Å². The number of carbonyl (C=O) groups is 1. The molecule has 0 bridgehead atoms. The number of amides is 1. The normalized spacial score (nSPS) is 23.2. The maximum absolute atomic E-state index is 11.6. The van der Waals surface area contributed by atoms with E-state index in [1.165, 1.54) is 32.4 Å². The van der Waals surface area contributed by atoms with Crippen LogP contribution in [0.3, 0.4) is 0 Å². The van der Waals surface area contributed by atoms with Crippen molar-refractivity contribution in [2.24, 2.45) is 0 Å². The minimum Gasteiger partial charge on any atom is -0.355 e. The quantitative estimate of drug-likeness (QED) is 0.801. The highest BCUT2D eigenvalue weighted by molar-refractivity contribution is 5.85. The predicted molar refractivity (Wildman–Crippen MR) is 78.8 cm³/mol. The Bertz CT molecular complexity index is 229. The predicted octanol–water partition coefficient (Wildman–Crippen LogP) is 1.18. The summed E-state index contributed by atoms with van der Waals surface area (Å²) in [6.07, 6.45) is 5.66. The molecule has 2 heterocycles. The molecule has 0 saturated carbocycles. The maximum atomic E-state index is 11.6. The van der Waals surface area contributed by atoms with Gasteiger partial charge in [-0.1, -0.05) is 0 Å². The highest BCUT2D eigenvalue weighted by Crippen LogP contribution is 2.08. The Morgan fingerprint density at radius 3 is 2.56 bits per heavy atom. The van der Waals surface area contributed by atoms with Crippen LogP contribution in [0.15, 0.2) is 0 Å². The summed E-state index contributed by atoms with van der Waals surface area (Å²) in [4.78, 5) is 14.0. The Kier molecular flexibility index (Phi) is 9.83. The molecule has 6 heteroatoms. The zero-order valence-corrected chi connectivity index (χ0v) is 12.5. The lowest BCUT2D eigenvalue weighted by molar-refractivity contribution is -0.121. The summed E-state index contributed by atoms with van der Waals surface area (Å²) >= 11 is 0. The van der Waals surface area contributed by atoms with Crippen LogP contribution in [-0.4, -0.2) is 49.6 Å². The summed E-state index contributed by atoms with van der Waals surface area (Å²) in [5.74, 6) is 0.207.